The summed E-state index contributed by atoms with van der Waals surface area (Å²) < 4.78 is 20.1. The summed E-state index contributed by atoms with van der Waals surface area (Å²) in [6, 6.07) is 13.5. The molecule has 3 rings (SSSR count). The van der Waals surface area contributed by atoms with Crippen molar-refractivity contribution in [3.8, 4) is 0 Å². The van der Waals surface area contributed by atoms with Crippen LogP contribution in [-0.4, -0.2) is 41.3 Å². The second kappa shape index (κ2) is 9.96. The molecule has 158 valence electrons. The van der Waals surface area contributed by atoms with Gasteiger partial charge in [0, 0.05) is 12.1 Å². The Labute approximate surface area is 180 Å². The molecule has 2 aromatic carbocycles. The molecular formula is C20H21N3O5S2. The third-order valence-corrected chi connectivity index (χ3v) is 6.76. The molecule has 0 aromatic heterocycles. The van der Waals surface area contributed by atoms with Crippen molar-refractivity contribution in [3.05, 3.63) is 75.3 Å². The molecule has 2 aromatic rings. The molecule has 0 radical (unpaired) electrons. The number of benzene rings is 2. The molecular weight excluding hydrogens is 426 g/mol. The SMILES string of the molecule is CCC1SC(C=O)N(Cc2ccc([N+](=O)[O-])cc2)N=C1c1ccc(CS(=O)O)cc1. The van der Waals surface area contributed by atoms with Gasteiger partial charge < -0.3 is 9.35 Å². The fraction of sp³-hybridized carbons (Fsp3) is 0.300. The third-order valence-electron chi connectivity index (χ3n) is 4.66. The van der Waals surface area contributed by atoms with Gasteiger partial charge >= 0.3 is 0 Å². The fourth-order valence-corrected chi connectivity index (χ4v) is 4.79. The van der Waals surface area contributed by atoms with E-state index in [1.807, 2.05) is 19.1 Å². The molecule has 3 unspecified atom stereocenters. The minimum atomic E-state index is -1.90. The van der Waals surface area contributed by atoms with Crippen LogP contribution in [0.3, 0.4) is 0 Å². The molecule has 0 saturated carbocycles. The van der Waals surface area contributed by atoms with Crippen molar-refractivity contribution in [2.24, 2.45) is 5.10 Å². The predicted molar refractivity (Wildman–Crippen MR) is 118 cm³/mol. The normalized spacial score (nSPS) is 19.8. The van der Waals surface area contributed by atoms with Crippen LogP contribution in [0.25, 0.3) is 0 Å². The average Bonchev–Trinajstić information content (AvgIpc) is 2.74. The first-order valence-corrected chi connectivity index (χ1v) is 11.5. The van der Waals surface area contributed by atoms with Crippen LogP contribution in [0.5, 0.6) is 0 Å². The zero-order valence-corrected chi connectivity index (χ0v) is 17.8. The smallest absolute Gasteiger partial charge is 0.269 e. The van der Waals surface area contributed by atoms with Gasteiger partial charge in [0.25, 0.3) is 5.69 Å². The zero-order valence-electron chi connectivity index (χ0n) is 16.2. The van der Waals surface area contributed by atoms with Gasteiger partial charge in [-0.1, -0.05) is 43.3 Å². The summed E-state index contributed by atoms with van der Waals surface area (Å²) >= 11 is -0.384. The summed E-state index contributed by atoms with van der Waals surface area (Å²) in [5, 5.41) is 16.9. The number of hydrazone groups is 1. The first-order valence-electron chi connectivity index (χ1n) is 9.27. The summed E-state index contributed by atoms with van der Waals surface area (Å²) in [6.45, 7) is 2.38. The van der Waals surface area contributed by atoms with E-state index >= 15 is 0 Å². The van der Waals surface area contributed by atoms with Crippen LogP contribution in [0, 0.1) is 10.1 Å². The highest BCUT2D eigenvalue weighted by Gasteiger charge is 2.31. The number of non-ortho nitro benzene ring substituents is 1. The highest BCUT2D eigenvalue weighted by Crippen LogP contribution is 2.32. The number of carbonyl (C=O) groups excluding carboxylic acids is 1. The lowest BCUT2D eigenvalue weighted by Gasteiger charge is -2.34. The van der Waals surface area contributed by atoms with Crippen LogP contribution in [-0.2, 0) is 28.2 Å². The molecule has 1 aliphatic heterocycles. The van der Waals surface area contributed by atoms with Gasteiger partial charge in [-0.05, 0) is 23.1 Å². The molecule has 1 heterocycles. The Bertz CT molecular complexity index is 963. The molecule has 0 amide bonds. The van der Waals surface area contributed by atoms with Gasteiger partial charge in [0.15, 0.2) is 17.4 Å². The van der Waals surface area contributed by atoms with Crippen LogP contribution in [0.1, 0.15) is 30.0 Å². The summed E-state index contributed by atoms with van der Waals surface area (Å²) in [5.74, 6) is 0.0677. The van der Waals surface area contributed by atoms with Crippen molar-refractivity contribution in [3.63, 3.8) is 0 Å². The van der Waals surface area contributed by atoms with E-state index in [9.17, 15) is 19.1 Å². The lowest BCUT2D eigenvalue weighted by atomic mass is 10.0. The second-order valence-electron chi connectivity index (χ2n) is 6.73. The zero-order chi connectivity index (χ0) is 21.7. The largest absolute Gasteiger partial charge is 0.306 e. The van der Waals surface area contributed by atoms with E-state index in [0.29, 0.717) is 6.54 Å². The van der Waals surface area contributed by atoms with Crippen molar-refractivity contribution >= 4 is 40.5 Å². The van der Waals surface area contributed by atoms with E-state index < -0.39 is 21.4 Å². The Hall–Kier alpha value is -2.56. The van der Waals surface area contributed by atoms with Crippen molar-refractivity contribution in [2.45, 2.75) is 36.3 Å². The topological polar surface area (TPSA) is 113 Å². The van der Waals surface area contributed by atoms with Gasteiger partial charge in [-0.3, -0.25) is 15.1 Å². The molecule has 0 spiro atoms. The van der Waals surface area contributed by atoms with Gasteiger partial charge in [0.2, 0.25) is 0 Å². The van der Waals surface area contributed by atoms with E-state index in [1.54, 1.807) is 29.3 Å². The summed E-state index contributed by atoms with van der Waals surface area (Å²) in [4.78, 5) is 22.1. The molecule has 8 nitrogen and oxygen atoms in total. The van der Waals surface area contributed by atoms with Gasteiger partial charge in [-0.15, -0.1) is 11.8 Å². The number of rotatable bonds is 8. The van der Waals surface area contributed by atoms with E-state index in [4.69, 9.17) is 9.65 Å². The van der Waals surface area contributed by atoms with Crippen molar-refractivity contribution in [2.75, 3.05) is 0 Å². The van der Waals surface area contributed by atoms with Crippen LogP contribution in [0.15, 0.2) is 53.6 Å². The first-order chi connectivity index (χ1) is 14.4. The maximum absolute atomic E-state index is 11.7. The van der Waals surface area contributed by atoms with Crippen molar-refractivity contribution in [1.82, 2.24) is 5.01 Å². The number of nitrogens with zero attached hydrogens (tertiary/aromatic N) is 3. The van der Waals surface area contributed by atoms with Gasteiger partial charge in [-0.2, -0.15) is 5.10 Å². The Morgan fingerprint density at radius 3 is 2.37 bits per heavy atom. The Balaban J connectivity index is 1.88. The van der Waals surface area contributed by atoms with Crippen LogP contribution < -0.4 is 0 Å². The highest BCUT2D eigenvalue weighted by atomic mass is 32.2. The number of thioether (sulfide) groups is 1. The second-order valence-corrected chi connectivity index (χ2v) is 8.98. The molecule has 0 aliphatic carbocycles. The third kappa shape index (κ3) is 5.32. The molecule has 0 bridgehead atoms. The van der Waals surface area contributed by atoms with Gasteiger partial charge in [-0.25, -0.2) is 4.21 Å². The Morgan fingerprint density at radius 1 is 1.20 bits per heavy atom. The summed E-state index contributed by atoms with van der Waals surface area (Å²) in [6.07, 6.45) is 1.65. The monoisotopic (exact) mass is 447 g/mol. The molecule has 3 atom stereocenters. The van der Waals surface area contributed by atoms with Gasteiger partial charge in [0.1, 0.15) is 5.37 Å². The standard InChI is InChI=1S/C20H21N3O5S2/c1-2-18-20(16-7-3-15(4-8-16)13-30(27)28)21-22(19(12-24)29-18)11-14-5-9-17(10-6-14)23(25)26/h3-10,12,18-19H,2,11,13H2,1H3,(H,27,28). The minimum absolute atomic E-state index is 0.0119. The van der Waals surface area contributed by atoms with Crippen LogP contribution >= 0.6 is 11.8 Å². The first kappa shape index (κ1) is 22.1. The van der Waals surface area contributed by atoms with E-state index in [2.05, 4.69) is 0 Å². The van der Waals surface area contributed by atoms with Crippen molar-refractivity contribution < 1.29 is 18.5 Å². The fourth-order valence-electron chi connectivity index (χ4n) is 3.15. The van der Waals surface area contributed by atoms with Gasteiger partial charge in [0.05, 0.1) is 28.2 Å². The highest BCUT2D eigenvalue weighted by molar-refractivity contribution is 8.01. The molecule has 0 saturated heterocycles. The number of hydrogen-bond donors (Lipinski definition) is 1. The van der Waals surface area contributed by atoms with Crippen molar-refractivity contribution in [1.29, 1.82) is 0 Å². The molecule has 1 aliphatic rings. The number of aldehydes is 1. The number of hydrogen-bond acceptors (Lipinski definition) is 7. The maximum Gasteiger partial charge on any atom is 0.269 e. The molecule has 0 fully saturated rings. The number of nitro benzene ring substituents is 1. The minimum Gasteiger partial charge on any atom is -0.306 e. The number of carbonyl (C=O) groups is 1. The lowest BCUT2D eigenvalue weighted by Crippen LogP contribution is -2.39. The molecule has 10 heteroatoms. The van der Waals surface area contributed by atoms with Crippen LogP contribution in [0.4, 0.5) is 5.69 Å². The lowest BCUT2D eigenvalue weighted by molar-refractivity contribution is -0.384. The number of nitro groups is 1. The molecule has 1 N–H and O–H groups in total. The predicted octanol–water partition coefficient (Wildman–Crippen LogP) is 3.57. The Kier molecular flexibility index (Phi) is 7.35. The Morgan fingerprint density at radius 2 is 1.83 bits per heavy atom. The van der Waals surface area contributed by atoms with Crippen LogP contribution in [0.2, 0.25) is 0 Å². The summed E-state index contributed by atoms with van der Waals surface area (Å²) in [7, 11) is 0. The van der Waals surface area contributed by atoms with E-state index in [-0.39, 0.29) is 16.7 Å². The maximum atomic E-state index is 11.7. The summed E-state index contributed by atoms with van der Waals surface area (Å²) in [5.41, 5.74) is 3.30. The average molecular weight is 448 g/mol. The van der Waals surface area contributed by atoms with E-state index in [0.717, 1.165) is 35.1 Å². The quantitative estimate of drug-likeness (QED) is 0.285. The molecule has 30 heavy (non-hydrogen) atoms. The van der Waals surface area contributed by atoms with E-state index in [1.165, 1.54) is 23.9 Å².